The number of para-hydroxylation sites is 1. The molecule has 1 fully saturated rings. The fraction of sp³-hybridized carbons (Fsp3) is 0.240. The quantitative estimate of drug-likeness (QED) is 0.602. The van der Waals surface area contributed by atoms with Crippen LogP contribution in [-0.4, -0.2) is 57.1 Å². The summed E-state index contributed by atoms with van der Waals surface area (Å²) in [5.74, 6) is 0.114. The van der Waals surface area contributed by atoms with Gasteiger partial charge in [-0.1, -0.05) is 18.2 Å². The molecule has 33 heavy (non-hydrogen) atoms. The third kappa shape index (κ3) is 4.80. The Morgan fingerprint density at radius 1 is 0.879 bits per heavy atom. The predicted molar refractivity (Wildman–Crippen MR) is 129 cm³/mol. The molecule has 0 radical (unpaired) electrons. The van der Waals surface area contributed by atoms with E-state index in [2.05, 4.69) is 4.90 Å². The van der Waals surface area contributed by atoms with E-state index >= 15 is 0 Å². The first kappa shape index (κ1) is 22.7. The lowest BCUT2D eigenvalue weighted by Gasteiger charge is -2.36. The second kappa shape index (κ2) is 9.54. The smallest absolute Gasteiger partial charge is 0.264 e. The van der Waals surface area contributed by atoms with E-state index in [-0.39, 0.29) is 16.6 Å². The van der Waals surface area contributed by atoms with Gasteiger partial charge < -0.3 is 14.9 Å². The van der Waals surface area contributed by atoms with E-state index in [4.69, 9.17) is 0 Å². The van der Waals surface area contributed by atoms with Gasteiger partial charge in [-0.05, 0) is 67.6 Å². The molecule has 8 heteroatoms. The van der Waals surface area contributed by atoms with E-state index in [9.17, 15) is 18.3 Å². The Labute approximate surface area is 194 Å². The van der Waals surface area contributed by atoms with E-state index in [0.29, 0.717) is 44.0 Å². The van der Waals surface area contributed by atoms with Gasteiger partial charge in [0.25, 0.3) is 15.9 Å². The normalized spacial score (nSPS) is 14.2. The Morgan fingerprint density at radius 3 is 2.06 bits per heavy atom. The molecule has 4 rings (SSSR count). The van der Waals surface area contributed by atoms with Crippen molar-refractivity contribution in [3.63, 3.8) is 0 Å². The Kier molecular flexibility index (Phi) is 6.55. The molecule has 0 unspecified atom stereocenters. The SMILES string of the molecule is CCN(c1ccccc1)S(=O)(=O)c1ccc(C(=O)N2CCN(c3ccc(O)cc3)CC2)cc1. The predicted octanol–water partition coefficient (Wildman–Crippen LogP) is 3.57. The number of hydrogen-bond donors (Lipinski definition) is 1. The summed E-state index contributed by atoms with van der Waals surface area (Å²) in [4.78, 5) is 17.1. The standard InChI is InChI=1S/C25H27N3O4S/c1-2-28(22-6-4-3-5-7-22)33(31,32)24-14-8-20(9-15-24)25(30)27-18-16-26(17-19-27)21-10-12-23(29)13-11-21/h3-15,29H,2,16-19H2,1H3. The molecule has 0 aromatic heterocycles. The Hall–Kier alpha value is -3.52. The zero-order valence-electron chi connectivity index (χ0n) is 18.5. The van der Waals surface area contributed by atoms with Crippen molar-refractivity contribution >= 4 is 27.3 Å². The van der Waals surface area contributed by atoms with E-state index in [0.717, 1.165) is 5.69 Å². The van der Waals surface area contributed by atoms with Crippen LogP contribution in [0.1, 0.15) is 17.3 Å². The van der Waals surface area contributed by atoms with Crippen molar-refractivity contribution in [3.8, 4) is 5.75 Å². The highest BCUT2D eigenvalue weighted by molar-refractivity contribution is 7.92. The topological polar surface area (TPSA) is 81.2 Å². The van der Waals surface area contributed by atoms with Crippen molar-refractivity contribution in [1.82, 2.24) is 4.90 Å². The highest BCUT2D eigenvalue weighted by Crippen LogP contribution is 2.24. The molecule has 172 valence electrons. The summed E-state index contributed by atoms with van der Waals surface area (Å²) in [5, 5.41) is 9.46. The van der Waals surface area contributed by atoms with Gasteiger partial charge in [-0.2, -0.15) is 0 Å². The third-order valence-corrected chi connectivity index (χ3v) is 7.72. The summed E-state index contributed by atoms with van der Waals surface area (Å²) in [6.07, 6.45) is 0. The number of phenolic OH excluding ortho intramolecular Hbond substituents is 1. The van der Waals surface area contributed by atoms with Crippen molar-refractivity contribution in [2.24, 2.45) is 0 Å². The van der Waals surface area contributed by atoms with Crippen LogP contribution < -0.4 is 9.21 Å². The van der Waals surface area contributed by atoms with E-state index in [1.54, 1.807) is 60.4 Å². The maximum Gasteiger partial charge on any atom is 0.264 e. The van der Waals surface area contributed by atoms with Crippen molar-refractivity contribution < 1.29 is 18.3 Å². The number of carbonyl (C=O) groups is 1. The zero-order chi connectivity index (χ0) is 23.4. The number of phenols is 1. The first-order chi connectivity index (χ1) is 15.9. The molecule has 0 bridgehead atoms. The summed E-state index contributed by atoms with van der Waals surface area (Å²) in [7, 11) is -3.73. The minimum Gasteiger partial charge on any atom is -0.508 e. The molecule has 1 amide bonds. The van der Waals surface area contributed by atoms with E-state index < -0.39 is 10.0 Å². The molecular weight excluding hydrogens is 438 g/mol. The molecule has 0 spiro atoms. The van der Waals surface area contributed by atoms with Gasteiger partial charge in [-0.25, -0.2) is 8.42 Å². The van der Waals surface area contributed by atoms with Gasteiger partial charge in [0, 0.05) is 44.0 Å². The number of amides is 1. The second-order valence-electron chi connectivity index (χ2n) is 7.83. The molecule has 3 aromatic rings. The third-order valence-electron chi connectivity index (χ3n) is 5.80. The van der Waals surface area contributed by atoms with E-state index in [1.807, 2.05) is 18.2 Å². The molecule has 1 heterocycles. The first-order valence-electron chi connectivity index (χ1n) is 10.9. The molecule has 1 saturated heterocycles. The van der Waals surface area contributed by atoms with Crippen molar-refractivity contribution in [2.45, 2.75) is 11.8 Å². The second-order valence-corrected chi connectivity index (χ2v) is 9.69. The van der Waals surface area contributed by atoms with Crippen LogP contribution in [0, 0.1) is 0 Å². The van der Waals surface area contributed by atoms with Crippen LogP contribution in [0.2, 0.25) is 0 Å². The van der Waals surface area contributed by atoms with Crippen LogP contribution in [0.5, 0.6) is 5.75 Å². The molecule has 1 aliphatic heterocycles. The van der Waals surface area contributed by atoms with Crippen molar-refractivity contribution in [1.29, 1.82) is 0 Å². The Bertz CT molecular complexity index is 1190. The number of rotatable bonds is 6. The average Bonchev–Trinajstić information content (AvgIpc) is 2.85. The maximum absolute atomic E-state index is 13.1. The monoisotopic (exact) mass is 465 g/mol. The fourth-order valence-corrected chi connectivity index (χ4v) is 5.47. The van der Waals surface area contributed by atoms with Crippen LogP contribution in [0.25, 0.3) is 0 Å². The minimum atomic E-state index is -3.73. The lowest BCUT2D eigenvalue weighted by molar-refractivity contribution is 0.0746. The summed E-state index contributed by atoms with van der Waals surface area (Å²) < 4.78 is 27.6. The lowest BCUT2D eigenvalue weighted by Crippen LogP contribution is -2.48. The number of nitrogens with zero attached hydrogens (tertiary/aromatic N) is 3. The zero-order valence-corrected chi connectivity index (χ0v) is 19.3. The molecule has 1 aliphatic rings. The molecule has 0 atom stereocenters. The number of anilines is 2. The van der Waals surface area contributed by atoms with Gasteiger partial charge in [-0.15, -0.1) is 0 Å². The van der Waals surface area contributed by atoms with Crippen LogP contribution in [0.4, 0.5) is 11.4 Å². The Balaban J connectivity index is 1.44. The van der Waals surface area contributed by atoms with Gasteiger partial charge in [0.1, 0.15) is 5.75 Å². The largest absolute Gasteiger partial charge is 0.508 e. The fourth-order valence-electron chi connectivity index (χ4n) is 4.00. The van der Waals surface area contributed by atoms with Gasteiger partial charge in [-0.3, -0.25) is 9.10 Å². The number of benzene rings is 3. The molecule has 3 aromatic carbocycles. The number of aromatic hydroxyl groups is 1. The molecule has 0 aliphatic carbocycles. The van der Waals surface area contributed by atoms with Gasteiger partial charge in [0.15, 0.2) is 0 Å². The summed E-state index contributed by atoms with van der Waals surface area (Å²) in [6, 6.07) is 22.2. The van der Waals surface area contributed by atoms with Gasteiger partial charge in [0.05, 0.1) is 10.6 Å². The number of carbonyl (C=O) groups excluding carboxylic acids is 1. The number of hydrogen-bond acceptors (Lipinski definition) is 5. The average molecular weight is 466 g/mol. The first-order valence-corrected chi connectivity index (χ1v) is 12.4. The van der Waals surface area contributed by atoms with Crippen molar-refractivity contribution in [2.75, 3.05) is 41.9 Å². The Morgan fingerprint density at radius 2 is 1.48 bits per heavy atom. The highest BCUT2D eigenvalue weighted by Gasteiger charge is 2.25. The summed E-state index contributed by atoms with van der Waals surface area (Å²) in [6.45, 7) is 4.60. The lowest BCUT2D eigenvalue weighted by atomic mass is 10.1. The van der Waals surface area contributed by atoms with Crippen LogP contribution in [0.15, 0.2) is 83.8 Å². The van der Waals surface area contributed by atoms with Gasteiger partial charge in [0.2, 0.25) is 0 Å². The summed E-state index contributed by atoms with van der Waals surface area (Å²) >= 11 is 0. The molecular formula is C25H27N3O4S. The molecule has 1 N–H and O–H groups in total. The van der Waals surface area contributed by atoms with Crippen LogP contribution >= 0.6 is 0 Å². The molecule has 7 nitrogen and oxygen atoms in total. The number of piperazine rings is 1. The number of sulfonamides is 1. The van der Waals surface area contributed by atoms with Crippen LogP contribution in [-0.2, 0) is 10.0 Å². The van der Waals surface area contributed by atoms with Crippen LogP contribution in [0.3, 0.4) is 0 Å². The van der Waals surface area contributed by atoms with Gasteiger partial charge >= 0.3 is 0 Å². The highest BCUT2D eigenvalue weighted by atomic mass is 32.2. The molecule has 0 saturated carbocycles. The maximum atomic E-state index is 13.1. The minimum absolute atomic E-state index is 0.111. The van der Waals surface area contributed by atoms with E-state index in [1.165, 1.54) is 16.4 Å². The van der Waals surface area contributed by atoms with Crippen molar-refractivity contribution in [3.05, 3.63) is 84.4 Å². The summed E-state index contributed by atoms with van der Waals surface area (Å²) in [5.41, 5.74) is 2.08.